The van der Waals surface area contributed by atoms with Gasteiger partial charge in [-0.3, -0.25) is 4.79 Å². The van der Waals surface area contributed by atoms with Gasteiger partial charge in [-0.1, -0.05) is 60.7 Å². The number of hydrogen-bond donors (Lipinski definition) is 1. The Bertz CT molecular complexity index is 1400. The van der Waals surface area contributed by atoms with Crippen LogP contribution in [0.2, 0.25) is 0 Å². The van der Waals surface area contributed by atoms with E-state index < -0.39 is 23.5 Å². The van der Waals surface area contributed by atoms with Crippen molar-refractivity contribution in [3.63, 3.8) is 0 Å². The van der Waals surface area contributed by atoms with Crippen molar-refractivity contribution in [1.82, 2.24) is 4.98 Å². The highest BCUT2D eigenvalue weighted by atomic mass is 19.1. The van der Waals surface area contributed by atoms with Crippen molar-refractivity contribution in [3.05, 3.63) is 108 Å². The Morgan fingerprint density at radius 1 is 0.846 bits per heavy atom. The highest BCUT2D eigenvalue weighted by Gasteiger charge is 2.26. The molecule has 0 aliphatic carbocycles. The molecular formula is C31H28F2N2O4. The van der Waals surface area contributed by atoms with Crippen LogP contribution in [0.1, 0.15) is 24.0 Å². The second-order valence-corrected chi connectivity index (χ2v) is 9.43. The lowest BCUT2D eigenvalue weighted by Crippen LogP contribution is -2.36. The van der Waals surface area contributed by atoms with Gasteiger partial charge in [-0.15, -0.1) is 0 Å². The zero-order valence-electron chi connectivity index (χ0n) is 21.2. The molecule has 5 rings (SSSR count). The van der Waals surface area contributed by atoms with E-state index in [1.54, 1.807) is 17.0 Å². The average Bonchev–Trinajstić information content (AvgIpc) is 2.96. The molecular weight excluding hydrogens is 502 g/mol. The molecule has 0 bridgehead atoms. The number of aliphatic carboxylic acids is 1. The van der Waals surface area contributed by atoms with Gasteiger partial charge in [0, 0.05) is 24.8 Å². The summed E-state index contributed by atoms with van der Waals surface area (Å²) in [6.07, 6.45) is 0.846. The molecule has 3 aromatic carbocycles. The van der Waals surface area contributed by atoms with E-state index in [9.17, 15) is 9.90 Å². The summed E-state index contributed by atoms with van der Waals surface area (Å²) in [7, 11) is 0. The van der Waals surface area contributed by atoms with E-state index in [1.807, 2.05) is 60.7 Å². The first-order valence-corrected chi connectivity index (χ1v) is 12.8. The Morgan fingerprint density at radius 3 is 1.97 bits per heavy atom. The molecule has 0 saturated carbocycles. The number of rotatable bonds is 9. The van der Waals surface area contributed by atoms with Crippen molar-refractivity contribution in [3.8, 4) is 22.9 Å². The first-order chi connectivity index (χ1) is 19.0. The second-order valence-electron chi connectivity index (χ2n) is 9.43. The van der Waals surface area contributed by atoms with Crippen LogP contribution in [0.15, 0.2) is 84.9 Å². The average molecular weight is 531 g/mol. The lowest BCUT2D eigenvalue weighted by Gasteiger charge is -2.32. The zero-order chi connectivity index (χ0) is 27.2. The Labute approximate surface area is 225 Å². The molecule has 1 aliphatic heterocycles. The first-order valence-electron chi connectivity index (χ1n) is 12.8. The molecule has 39 heavy (non-hydrogen) atoms. The Balaban J connectivity index is 1.42. The molecule has 0 spiro atoms. The number of carbonyl (C=O) groups is 1. The minimum Gasteiger partial charge on any atom is -0.481 e. The molecule has 6 nitrogen and oxygen atoms in total. The summed E-state index contributed by atoms with van der Waals surface area (Å²) >= 11 is 0. The van der Waals surface area contributed by atoms with Crippen LogP contribution in [0.25, 0.3) is 11.1 Å². The van der Waals surface area contributed by atoms with E-state index in [0.29, 0.717) is 31.6 Å². The van der Waals surface area contributed by atoms with E-state index in [0.717, 1.165) is 11.1 Å². The van der Waals surface area contributed by atoms with Crippen LogP contribution < -0.4 is 14.4 Å². The normalized spacial score (nSPS) is 13.7. The van der Waals surface area contributed by atoms with E-state index in [1.165, 1.54) is 12.1 Å². The van der Waals surface area contributed by atoms with Crippen molar-refractivity contribution >= 4 is 11.7 Å². The zero-order valence-corrected chi connectivity index (χ0v) is 21.2. The fourth-order valence-electron chi connectivity index (χ4n) is 4.65. The molecule has 200 valence electrons. The molecule has 1 fully saturated rings. The number of ether oxygens (including phenoxy) is 2. The molecule has 0 unspecified atom stereocenters. The van der Waals surface area contributed by atoms with Gasteiger partial charge in [0.2, 0.25) is 11.8 Å². The number of pyridine rings is 1. The fraction of sp³-hybridized carbons (Fsp3) is 0.226. The van der Waals surface area contributed by atoms with E-state index in [4.69, 9.17) is 9.47 Å². The minimum absolute atomic E-state index is 0.0530. The fourth-order valence-corrected chi connectivity index (χ4v) is 4.65. The van der Waals surface area contributed by atoms with Gasteiger partial charge in [0.05, 0.1) is 17.0 Å². The predicted molar refractivity (Wildman–Crippen MR) is 144 cm³/mol. The van der Waals surface area contributed by atoms with Gasteiger partial charge in [-0.25, -0.2) is 8.78 Å². The van der Waals surface area contributed by atoms with Crippen LogP contribution in [-0.4, -0.2) is 29.1 Å². The largest absolute Gasteiger partial charge is 0.481 e. The van der Waals surface area contributed by atoms with E-state index in [2.05, 4.69) is 4.98 Å². The van der Waals surface area contributed by atoms with Crippen LogP contribution in [0.4, 0.5) is 14.5 Å². The van der Waals surface area contributed by atoms with Gasteiger partial charge in [0.25, 0.3) is 0 Å². The molecule has 1 aliphatic rings. The Hall–Kier alpha value is -4.46. The monoisotopic (exact) mass is 530 g/mol. The SMILES string of the molecule is O=C(O)C1CCN(c2cc(F)c(-c3ccc(OCc4ccccc4)nc3OCc3ccccc3)c(F)c2)CC1. The molecule has 0 radical (unpaired) electrons. The van der Waals surface area contributed by atoms with Crippen molar-refractivity contribution in [2.45, 2.75) is 26.1 Å². The van der Waals surface area contributed by atoms with Gasteiger partial charge in [-0.05, 0) is 42.2 Å². The van der Waals surface area contributed by atoms with Gasteiger partial charge < -0.3 is 19.5 Å². The topological polar surface area (TPSA) is 71.9 Å². The molecule has 1 saturated heterocycles. The number of halogens is 2. The smallest absolute Gasteiger partial charge is 0.306 e. The number of piperidine rings is 1. The molecule has 0 atom stereocenters. The van der Waals surface area contributed by atoms with Gasteiger partial charge in [0.1, 0.15) is 24.8 Å². The number of nitrogens with zero attached hydrogens (tertiary/aromatic N) is 2. The molecule has 1 aromatic heterocycles. The summed E-state index contributed by atoms with van der Waals surface area (Å²) in [5, 5.41) is 9.23. The molecule has 0 amide bonds. The summed E-state index contributed by atoms with van der Waals surface area (Å²) in [5.74, 6) is -2.46. The predicted octanol–water partition coefficient (Wildman–Crippen LogP) is 6.49. The Morgan fingerprint density at radius 2 is 1.41 bits per heavy atom. The van der Waals surface area contributed by atoms with Crippen molar-refractivity contribution < 1.29 is 28.2 Å². The number of hydrogen-bond acceptors (Lipinski definition) is 5. The van der Waals surface area contributed by atoms with E-state index in [-0.39, 0.29) is 36.1 Å². The lowest BCUT2D eigenvalue weighted by atomic mass is 9.96. The van der Waals surface area contributed by atoms with Crippen LogP contribution in [0.3, 0.4) is 0 Å². The second kappa shape index (κ2) is 11.9. The maximum atomic E-state index is 15.5. The summed E-state index contributed by atoms with van der Waals surface area (Å²) in [6, 6.07) is 24.7. The lowest BCUT2D eigenvalue weighted by molar-refractivity contribution is -0.142. The van der Waals surface area contributed by atoms with Gasteiger partial charge in [0.15, 0.2) is 0 Å². The molecule has 8 heteroatoms. The van der Waals surface area contributed by atoms with Gasteiger partial charge in [-0.2, -0.15) is 4.98 Å². The maximum absolute atomic E-state index is 15.5. The third kappa shape index (κ3) is 6.34. The number of carboxylic acids is 1. The number of anilines is 1. The standard InChI is InChI=1S/C31H28F2N2O4/c32-26-17-24(35-15-13-23(14-16-35)31(36)37)18-27(33)29(26)25-11-12-28(38-19-21-7-3-1-4-8-21)34-30(25)39-20-22-9-5-2-6-10-22/h1-12,17-18,23H,13-16,19-20H2,(H,36,37). The quantitative estimate of drug-likeness (QED) is 0.267. The highest BCUT2D eigenvalue weighted by molar-refractivity contribution is 5.73. The Kier molecular flexibility index (Phi) is 8.01. The van der Waals surface area contributed by atoms with Crippen LogP contribution >= 0.6 is 0 Å². The number of carboxylic acid groups (broad SMARTS) is 1. The van der Waals surface area contributed by atoms with Crippen LogP contribution in [-0.2, 0) is 18.0 Å². The van der Waals surface area contributed by atoms with E-state index >= 15 is 8.78 Å². The third-order valence-corrected chi connectivity index (χ3v) is 6.79. The third-order valence-electron chi connectivity index (χ3n) is 6.79. The van der Waals surface area contributed by atoms with Crippen molar-refractivity contribution in [2.75, 3.05) is 18.0 Å². The highest BCUT2D eigenvalue weighted by Crippen LogP contribution is 2.37. The van der Waals surface area contributed by atoms with Gasteiger partial charge >= 0.3 is 5.97 Å². The summed E-state index contributed by atoms with van der Waals surface area (Å²) < 4.78 is 42.8. The van der Waals surface area contributed by atoms with Crippen molar-refractivity contribution in [2.24, 2.45) is 5.92 Å². The van der Waals surface area contributed by atoms with Crippen LogP contribution in [0.5, 0.6) is 11.8 Å². The first kappa shape index (κ1) is 26.2. The summed E-state index contributed by atoms with van der Waals surface area (Å²) in [5.41, 5.74) is 2.13. The summed E-state index contributed by atoms with van der Waals surface area (Å²) in [6.45, 7) is 1.26. The molecule has 1 N–H and O–H groups in total. The number of aromatic nitrogens is 1. The van der Waals surface area contributed by atoms with Crippen molar-refractivity contribution in [1.29, 1.82) is 0 Å². The summed E-state index contributed by atoms with van der Waals surface area (Å²) in [4.78, 5) is 17.5. The maximum Gasteiger partial charge on any atom is 0.306 e. The van der Waals surface area contributed by atoms with Crippen LogP contribution in [0, 0.1) is 17.6 Å². The molecule has 2 heterocycles. The minimum atomic E-state index is -0.839. The number of benzene rings is 3. The molecule has 4 aromatic rings.